The summed E-state index contributed by atoms with van der Waals surface area (Å²) in [5, 5.41) is 14.2. The molecule has 9 heteroatoms. The normalized spacial score (nSPS) is 10.7. The van der Waals surface area contributed by atoms with Gasteiger partial charge in [-0.25, -0.2) is 9.66 Å². The second-order valence-electron chi connectivity index (χ2n) is 5.45. The highest BCUT2D eigenvalue weighted by Crippen LogP contribution is 2.25. The number of nitrogens with one attached hydrogen (secondary N) is 2. The number of para-hydroxylation sites is 2. The highest BCUT2D eigenvalue weighted by atomic mass is 16.6. The fourth-order valence-corrected chi connectivity index (χ4v) is 2.48. The monoisotopic (exact) mass is 355 g/mol. The largest absolute Gasteiger partial charge is 0.383 e. The fraction of sp³-hybridized carbons (Fsp3) is 0.176. The van der Waals surface area contributed by atoms with Crippen LogP contribution in [0.2, 0.25) is 0 Å². The fourth-order valence-electron chi connectivity index (χ4n) is 2.48. The van der Waals surface area contributed by atoms with Gasteiger partial charge in [0.1, 0.15) is 12.0 Å². The summed E-state index contributed by atoms with van der Waals surface area (Å²) in [6.45, 7) is 0.830. The third kappa shape index (κ3) is 3.62. The van der Waals surface area contributed by atoms with Gasteiger partial charge in [-0.15, -0.1) is 0 Å². The number of hydrogen-bond acceptors (Lipinski definition) is 6. The van der Waals surface area contributed by atoms with Gasteiger partial charge in [0.25, 0.3) is 11.6 Å². The number of aromatic nitrogens is 2. The van der Waals surface area contributed by atoms with Gasteiger partial charge >= 0.3 is 0 Å². The standard InChI is InChI=1S/C17H17N5O4/c1-26-9-8-18-14-7-6-12(10-16(14)22(24)25)17(23)20-21-11-19-13-4-2-3-5-15(13)21/h2-7,10-11,18H,8-9H2,1H3,(H,20,23). The van der Waals surface area contributed by atoms with Crippen LogP contribution in [0.5, 0.6) is 0 Å². The molecule has 1 aromatic heterocycles. The molecule has 0 fully saturated rings. The lowest BCUT2D eigenvalue weighted by atomic mass is 10.1. The zero-order valence-corrected chi connectivity index (χ0v) is 14.0. The molecule has 2 aromatic carbocycles. The summed E-state index contributed by atoms with van der Waals surface area (Å²) >= 11 is 0. The second-order valence-corrected chi connectivity index (χ2v) is 5.45. The van der Waals surface area contributed by atoms with Crippen molar-refractivity contribution in [3.8, 4) is 0 Å². The first kappa shape index (κ1) is 17.4. The first-order valence-electron chi connectivity index (χ1n) is 7.85. The van der Waals surface area contributed by atoms with E-state index < -0.39 is 10.8 Å². The average Bonchev–Trinajstić information content (AvgIpc) is 3.05. The lowest BCUT2D eigenvalue weighted by Gasteiger charge is -2.10. The van der Waals surface area contributed by atoms with Crippen molar-refractivity contribution in [3.63, 3.8) is 0 Å². The quantitative estimate of drug-likeness (QED) is 0.382. The number of ether oxygens (including phenoxy) is 1. The number of fused-ring (bicyclic) bond motifs is 1. The van der Waals surface area contributed by atoms with Crippen LogP contribution in [0.1, 0.15) is 10.4 Å². The second kappa shape index (κ2) is 7.62. The topological polar surface area (TPSA) is 111 Å². The molecule has 0 atom stereocenters. The molecule has 0 radical (unpaired) electrons. The van der Waals surface area contributed by atoms with Crippen molar-refractivity contribution in [3.05, 3.63) is 64.5 Å². The molecule has 26 heavy (non-hydrogen) atoms. The van der Waals surface area contributed by atoms with E-state index in [1.807, 2.05) is 24.3 Å². The minimum atomic E-state index is -0.529. The van der Waals surface area contributed by atoms with Crippen LogP contribution in [0.3, 0.4) is 0 Å². The minimum absolute atomic E-state index is 0.173. The Bertz CT molecular complexity index is 953. The molecular formula is C17H17N5O4. The van der Waals surface area contributed by atoms with Crippen molar-refractivity contribution in [2.24, 2.45) is 0 Å². The molecule has 0 saturated heterocycles. The number of benzene rings is 2. The van der Waals surface area contributed by atoms with E-state index in [0.717, 1.165) is 11.0 Å². The maximum atomic E-state index is 12.5. The molecular weight excluding hydrogens is 338 g/mol. The Labute approximate surface area is 148 Å². The molecule has 0 saturated carbocycles. The Morgan fingerprint density at radius 1 is 1.31 bits per heavy atom. The molecule has 0 spiro atoms. The van der Waals surface area contributed by atoms with E-state index in [1.165, 1.54) is 29.2 Å². The van der Waals surface area contributed by atoms with Gasteiger partial charge in [-0.05, 0) is 24.3 Å². The Kier molecular flexibility index (Phi) is 5.09. The molecule has 3 rings (SSSR count). The van der Waals surface area contributed by atoms with Gasteiger partial charge in [0.2, 0.25) is 0 Å². The first-order chi connectivity index (χ1) is 12.6. The number of rotatable bonds is 7. The highest BCUT2D eigenvalue weighted by molar-refractivity contribution is 6.01. The van der Waals surface area contributed by atoms with Crippen molar-refractivity contribution in [2.45, 2.75) is 0 Å². The molecule has 0 aliphatic heterocycles. The molecule has 9 nitrogen and oxygen atoms in total. The van der Waals surface area contributed by atoms with Crippen LogP contribution < -0.4 is 10.7 Å². The lowest BCUT2D eigenvalue weighted by Crippen LogP contribution is -2.22. The van der Waals surface area contributed by atoms with Crippen molar-refractivity contribution in [1.82, 2.24) is 9.66 Å². The molecule has 0 unspecified atom stereocenters. The van der Waals surface area contributed by atoms with E-state index in [9.17, 15) is 14.9 Å². The first-order valence-corrected chi connectivity index (χ1v) is 7.85. The van der Waals surface area contributed by atoms with Gasteiger partial charge in [0, 0.05) is 25.3 Å². The Hall–Kier alpha value is -3.46. The van der Waals surface area contributed by atoms with Crippen molar-refractivity contribution in [2.75, 3.05) is 31.0 Å². The molecule has 1 amide bonds. The molecule has 0 aliphatic carbocycles. The van der Waals surface area contributed by atoms with Gasteiger partial charge < -0.3 is 10.1 Å². The molecule has 134 valence electrons. The maximum absolute atomic E-state index is 12.5. The van der Waals surface area contributed by atoms with Crippen molar-refractivity contribution in [1.29, 1.82) is 0 Å². The summed E-state index contributed by atoms with van der Waals surface area (Å²) in [5.74, 6) is -0.473. The van der Waals surface area contributed by atoms with Crippen LogP contribution in [0.25, 0.3) is 11.0 Å². The van der Waals surface area contributed by atoms with Crippen LogP contribution in [0, 0.1) is 10.1 Å². The predicted octanol–water partition coefficient (Wildman–Crippen LogP) is 2.39. The zero-order valence-electron chi connectivity index (χ0n) is 14.0. The SMILES string of the molecule is COCCNc1ccc(C(=O)Nn2cnc3ccccc32)cc1[N+](=O)[O-]. The van der Waals surface area contributed by atoms with Crippen LogP contribution in [-0.2, 0) is 4.74 Å². The number of amides is 1. The van der Waals surface area contributed by atoms with E-state index >= 15 is 0 Å². The third-order valence-corrected chi connectivity index (χ3v) is 3.75. The van der Waals surface area contributed by atoms with Crippen molar-refractivity contribution < 1.29 is 14.5 Å². The van der Waals surface area contributed by atoms with Crippen molar-refractivity contribution >= 4 is 28.3 Å². The number of hydrogen-bond donors (Lipinski definition) is 2. The van der Waals surface area contributed by atoms with Gasteiger partial charge in [0.15, 0.2) is 0 Å². The zero-order chi connectivity index (χ0) is 18.5. The highest BCUT2D eigenvalue weighted by Gasteiger charge is 2.18. The Morgan fingerprint density at radius 2 is 2.12 bits per heavy atom. The Morgan fingerprint density at radius 3 is 2.88 bits per heavy atom. The third-order valence-electron chi connectivity index (χ3n) is 3.75. The number of imidazole rings is 1. The summed E-state index contributed by atoms with van der Waals surface area (Å²) in [6.07, 6.45) is 1.48. The van der Waals surface area contributed by atoms with Gasteiger partial charge in [-0.1, -0.05) is 12.1 Å². The van der Waals surface area contributed by atoms with Crippen LogP contribution in [0.4, 0.5) is 11.4 Å². The summed E-state index contributed by atoms with van der Waals surface area (Å²) in [4.78, 5) is 27.4. The number of carbonyl (C=O) groups excluding carboxylic acids is 1. The average molecular weight is 355 g/mol. The van der Waals surface area contributed by atoms with Gasteiger partial charge in [-0.2, -0.15) is 0 Å². The number of anilines is 1. The van der Waals surface area contributed by atoms with Gasteiger partial charge in [0.05, 0.1) is 22.6 Å². The van der Waals surface area contributed by atoms with Gasteiger partial charge in [-0.3, -0.25) is 20.3 Å². The molecule has 0 bridgehead atoms. The number of carbonyl (C=O) groups is 1. The molecule has 3 aromatic rings. The summed E-state index contributed by atoms with van der Waals surface area (Å²) in [6, 6.07) is 11.6. The van der Waals surface area contributed by atoms with E-state index in [0.29, 0.717) is 18.8 Å². The maximum Gasteiger partial charge on any atom is 0.293 e. The molecule has 2 N–H and O–H groups in total. The summed E-state index contributed by atoms with van der Waals surface area (Å²) < 4.78 is 6.39. The summed E-state index contributed by atoms with van der Waals surface area (Å²) in [5.41, 5.74) is 4.46. The van der Waals surface area contributed by atoms with E-state index in [-0.39, 0.29) is 11.3 Å². The number of nitrogens with zero attached hydrogens (tertiary/aromatic N) is 3. The van der Waals surface area contributed by atoms with E-state index in [1.54, 1.807) is 7.11 Å². The number of nitro groups is 1. The van der Waals surface area contributed by atoms with Crippen LogP contribution >= 0.6 is 0 Å². The smallest absolute Gasteiger partial charge is 0.293 e. The van der Waals surface area contributed by atoms with Crippen LogP contribution in [-0.4, -0.2) is 40.8 Å². The molecule has 0 aliphatic rings. The summed E-state index contributed by atoms with van der Waals surface area (Å²) in [7, 11) is 1.54. The number of nitro benzene ring substituents is 1. The Balaban J connectivity index is 1.82. The predicted molar refractivity (Wildman–Crippen MR) is 96.9 cm³/mol. The minimum Gasteiger partial charge on any atom is -0.383 e. The molecule has 1 heterocycles. The van der Waals surface area contributed by atoms with E-state index in [2.05, 4.69) is 15.7 Å². The lowest BCUT2D eigenvalue weighted by molar-refractivity contribution is -0.384. The van der Waals surface area contributed by atoms with E-state index in [4.69, 9.17) is 4.74 Å². The van der Waals surface area contributed by atoms with Crippen LogP contribution in [0.15, 0.2) is 48.8 Å². The number of methoxy groups -OCH3 is 1.